The SMILES string of the molecule is COc1cccc(-c2noc(CSc3nncn3-c3ccccc3C)n2)c1. The van der Waals surface area contributed by atoms with Gasteiger partial charge in [-0.05, 0) is 30.7 Å². The van der Waals surface area contributed by atoms with E-state index in [0.717, 1.165) is 27.7 Å². The summed E-state index contributed by atoms with van der Waals surface area (Å²) in [5.74, 6) is 2.31. The van der Waals surface area contributed by atoms with Crippen LogP contribution in [0, 0.1) is 6.92 Å². The number of thioether (sulfide) groups is 1. The third kappa shape index (κ3) is 3.70. The number of hydrogen-bond acceptors (Lipinski definition) is 7. The van der Waals surface area contributed by atoms with Gasteiger partial charge in [0.05, 0.1) is 18.6 Å². The summed E-state index contributed by atoms with van der Waals surface area (Å²) in [4.78, 5) is 4.46. The third-order valence-electron chi connectivity index (χ3n) is 4.01. The van der Waals surface area contributed by atoms with Crippen molar-refractivity contribution in [2.24, 2.45) is 0 Å². The quantitative estimate of drug-likeness (QED) is 0.470. The number of methoxy groups -OCH3 is 1. The van der Waals surface area contributed by atoms with Crippen LogP contribution in [-0.4, -0.2) is 32.0 Å². The van der Waals surface area contributed by atoms with Gasteiger partial charge >= 0.3 is 0 Å². The number of aromatic nitrogens is 5. The summed E-state index contributed by atoms with van der Waals surface area (Å²) >= 11 is 1.49. The van der Waals surface area contributed by atoms with Crippen LogP contribution in [0.2, 0.25) is 0 Å². The topological polar surface area (TPSA) is 78.9 Å². The number of hydrogen-bond donors (Lipinski definition) is 0. The maximum Gasteiger partial charge on any atom is 0.237 e. The average molecular weight is 379 g/mol. The van der Waals surface area contributed by atoms with Crippen LogP contribution in [0.1, 0.15) is 11.5 Å². The Labute approximate surface area is 160 Å². The lowest BCUT2D eigenvalue weighted by atomic mass is 10.2. The first-order valence-electron chi connectivity index (χ1n) is 8.30. The molecule has 0 bridgehead atoms. The predicted octanol–water partition coefficient (Wildman–Crippen LogP) is 3.93. The Kier molecular flexibility index (Phi) is 4.88. The molecule has 2 aromatic carbocycles. The lowest BCUT2D eigenvalue weighted by molar-refractivity contribution is 0.391. The molecular weight excluding hydrogens is 362 g/mol. The fourth-order valence-corrected chi connectivity index (χ4v) is 3.40. The molecule has 0 atom stereocenters. The summed E-state index contributed by atoms with van der Waals surface area (Å²) < 4.78 is 12.6. The van der Waals surface area contributed by atoms with Crippen LogP contribution >= 0.6 is 11.8 Å². The van der Waals surface area contributed by atoms with E-state index in [-0.39, 0.29) is 0 Å². The highest BCUT2D eigenvalue weighted by molar-refractivity contribution is 7.98. The van der Waals surface area contributed by atoms with E-state index < -0.39 is 0 Å². The van der Waals surface area contributed by atoms with E-state index in [1.807, 2.05) is 47.0 Å². The zero-order valence-corrected chi connectivity index (χ0v) is 15.7. The first-order valence-corrected chi connectivity index (χ1v) is 9.29. The van der Waals surface area contributed by atoms with E-state index in [0.29, 0.717) is 17.5 Å². The zero-order chi connectivity index (χ0) is 18.6. The van der Waals surface area contributed by atoms with Crippen molar-refractivity contribution >= 4 is 11.8 Å². The normalized spacial score (nSPS) is 10.9. The Morgan fingerprint density at radius 3 is 2.89 bits per heavy atom. The molecule has 0 fully saturated rings. The highest BCUT2D eigenvalue weighted by Gasteiger charge is 2.13. The molecule has 0 saturated carbocycles. The van der Waals surface area contributed by atoms with Crippen LogP contribution in [0.4, 0.5) is 0 Å². The molecule has 27 heavy (non-hydrogen) atoms. The van der Waals surface area contributed by atoms with Crippen molar-refractivity contribution in [2.45, 2.75) is 17.8 Å². The van der Waals surface area contributed by atoms with Crippen molar-refractivity contribution in [3.8, 4) is 22.8 Å². The van der Waals surface area contributed by atoms with Gasteiger partial charge in [-0.2, -0.15) is 4.98 Å². The van der Waals surface area contributed by atoms with Gasteiger partial charge in [-0.25, -0.2) is 0 Å². The maximum atomic E-state index is 5.38. The van der Waals surface area contributed by atoms with Crippen molar-refractivity contribution in [1.82, 2.24) is 24.9 Å². The van der Waals surface area contributed by atoms with Gasteiger partial charge in [0.25, 0.3) is 0 Å². The molecule has 4 aromatic rings. The average Bonchev–Trinajstić information content (AvgIpc) is 3.36. The predicted molar refractivity (Wildman–Crippen MR) is 102 cm³/mol. The monoisotopic (exact) mass is 379 g/mol. The molecule has 2 aromatic heterocycles. The van der Waals surface area contributed by atoms with E-state index in [2.05, 4.69) is 33.3 Å². The van der Waals surface area contributed by atoms with Crippen molar-refractivity contribution in [3.63, 3.8) is 0 Å². The fourth-order valence-electron chi connectivity index (χ4n) is 2.64. The number of ether oxygens (including phenoxy) is 1. The number of rotatable bonds is 6. The van der Waals surface area contributed by atoms with E-state index in [1.54, 1.807) is 13.4 Å². The number of nitrogens with zero attached hydrogens (tertiary/aromatic N) is 5. The van der Waals surface area contributed by atoms with Gasteiger partial charge < -0.3 is 9.26 Å². The summed E-state index contributed by atoms with van der Waals surface area (Å²) in [6.45, 7) is 2.06. The largest absolute Gasteiger partial charge is 0.497 e. The number of aryl methyl sites for hydroxylation is 1. The molecule has 0 aliphatic heterocycles. The van der Waals surface area contributed by atoms with Crippen LogP contribution in [0.15, 0.2) is 64.5 Å². The molecule has 0 aliphatic carbocycles. The van der Waals surface area contributed by atoms with Gasteiger partial charge in [0.1, 0.15) is 12.1 Å². The molecule has 0 unspecified atom stereocenters. The maximum absolute atomic E-state index is 5.38. The second kappa shape index (κ2) is 7.63. The Hall–Kier alpha value is -3.13. The summed E-state index contributed by atoms with van der Waals surface area (Å²) in [6.07, 6.45) is 1.71. The summed E-state index contributed by atoms with van der Waals surface area (Å²) in [5, 5.41) is 13.1. The second-order valence-corrected chi connectivity index (χ2v) is 6.74. The third-order valence-corrected chi connectivity index (χ3v) is 4.94. The van der Waals surface area contributed by atoms with Crippen molar-refractivity contribution in [1.29, 1.82) is 0 Å². The summed E-state index contributed by atoms with van der Waals surface area (Å²) in [5.41, 5.74) is 3.04. The standard InChI is InChI=1S/C19H17N5O2S/c1-13-6-3-4-9-16(13)24-12-20-22-19(24)27-11-17-21-18(23-26-17)14-7-5-8-15(10-14)25-2/h3-10,12H,11H2,1-2H3. The van der Waals surface area contributed by atoms with E-state index in [4.69, 9.17) is 9.26 Å². The molecule has 7 nitrogen and oxygen atoms in total. The Balaban J connectivity index is 1.50. The van der Waals surface area contributed by atoms with Gasteiger partial charge in [-0.1, -0.05) is 47.3 Å². The molecule has 0 N–H and O–H groups in total. The van der Waals surface area contributed by atoms with Gasteiger partial charge in [0.2, 0.25) is 11.7 Å². The summed E-state index contributed by atoms with van der Waals surface area (Å²) in [6, 6.07) is 15.7. The molecule has 136 valence electrons. The first-order chi connectivity index (χ1) is 13.2. The molecule has 8 heteroatoms. The smallest absolute Gasteiger partial charge is 0.237 e. The van der Waals surface area contributed by atoms with E-state index in [1.165, 1.54) is 11.8 Å². The lowest BCUT2D eigenvalue weighted by Crippen LogP contribution is -1.97. The highest BCUT2D eigenvalue weighted by atomic mass is 32.2. The highest BCUT2D eigenvalue weighted by Crippen LogP contribution is 2.26. The minimum atomic E-state index is 0.502. The van der Waals surface area contributed by atoms with Crippen LogP contribution in [-0.2, 0) is 5.75 Å². The van der Waals surface area contributed by atoms with Crippen LogP contribution in [0.25, 0.3) is 17.1 Å². The van der Waals surface area contributed by atoms with Crippen LogP contribution < -0.4 is 4.74 Å². The molecule has 2 heterocycles. The minimum absolute atomic E-state index is 0.502. The second-order valence-electron chi connectivity index (χ2n) is 5.80. The van der Waals surface area contributed by atoms with E-state index in [9.17, 15) is 0 Å². The number of para-hydroxylation sites is 1. The molecule has 0 spiro atoms. The Morgan fingerprint density at radius 2 is 2.04 bits per heavy atom. The molecule has 0 saturated heterocycles. The van der Waals surface area contributed by atoms with Crippen LogP contribution in [0.3, 0.4) is 0 Å². The Bertz CT molecular complexity index is 1060. The van der Waals surface area contributed by atoms with Crippen LogP contribution in [0.5, 0.6) is 5.75 Å². The van der Waals surface area contributed by atoms with Gasteiger partial charge in [0, 0.05) is 5.56 Å². The van der Waals surface area contributed by atoms with Gasteiger partial charge in [0.15, 0.2) is 5.16 Å². The molecule has 0 radical (unpaired) electrons. The first kappa shape index (κ1) is 17.3. The van der Waals surface area contributed by atoms with Crippen molar-refractivity contribution in [3.05, 3.63) is 66.3 Å². The molecule has 0 aliphatic rings. The van der Waals surface area contributed by atoms with Crippen molar-refractivity contribution < 1.29 is 9.26 Å². The summed E-state index contributed by atoms with van der Waals surface area (Å²) in [7, 11) is 1.63. The molecule has 0 amide bonds. The number of benzene rings is 2. The molecule has 4 rings (SSSR count). The molecular formula is C19H17N5O2S. The van der Waals surface area contributed by atoms with E-state index >= 15 is 0 Å². The minimum Gasteiger partial charge on any atom is -0.497 e. The fraction of sp³-hybridized carbons (Fsp3) is 0.158. The Morgan fingerprint density at radius 1 is 1.15 bits per heavy atom. The van der Waals surface area contributed by atoms with Crippen molar-refractivity contribution in [2.75, 3.05) is 7.11 Å². The van der Waals surface area contributed by atoms with Gasteiger partial charge in [-0.3, -0.25) is 4.57 Å². The van der Waals surface area contributed by atoms with Gasteiger partial charge in [-0.15, -0.1) is 10.2 Å². The lowest BCUT2D eigenvalue weighted by Gasteiger charge is -2.08. The zero-order valence-electron chi connectivity index (χ0n) is 14.9.